The summed E-state index contributed by atoms with van der Waals surface area (Å²) in [5.41, 5.74) is 7.64. The molecule has 0 amide bonds. The average Bonchev–Trinajstić information content (AvgIpc) is 3.35. The van der Waals surface area contributed by atoms with Gasteiger partial charge in [-0.2, -0.15) is 4.98 Å². The number of nitrogens with zero attached hydrogens (tertiary/aromatic N) is 3. The Kier molecular flexibility index (Phi) is 8.37. The van der Waals surface area contributed by atoms with Gasteiger partial charge in [-0.3, -0.25) is 9.78 Å². The minimum atomic E-state index is -0.468. The lowest BCUT2D eigenvalue weighted by Gasteiger charge is -2.19. The normalized spacial score (nSPS) is 11.5. The maximum Gasteiger partial charge on any atom is 0.306 e. The Morgan fingerprint density at radius 2 is 1.76 bits per heavy atom. The number of hydrogen-bond acceptors (Lipinski definition) is 7. The SMILES string of the molecule is COCc1cc(-c2nc(-c3cnc(CCCC(=O)OC(C)(C)C)c(C)c3)no2)ccc1-c1ccccc1C. The van der Waals surface area contributed by atoms with E-state index in [-0.39, 0.29) is 5.97 Å². The molecule has 0 unspecified atom stereocenters. The van der Waals surface area contributed by atoms with Gasteiger partial charge < -0.3 is 14.0 Å². The van der Waals surface area contributed by atoms with E-state index in [2.05, 4.69) is 40.2 Å². The Labute approximate surface area is 224 Å². The zero-order valence-electron chi connectivity index (χ0n) is 23.0. The van der Waals surface area contributed by atoms with E-state index in [4.69, 9.17) is 14.0 Å². The van der Waals surface area contributed by atoms with Gasteiger partial charge in [0.1, 0.15) is 5.60 Å². The first-order valence-corrected chi connectivity index (χ1v) is 12.8. The highest BCUT2D eigenvalue weighted by Crippen LogP contribution is 2.32. The number of aryl methyl sites for hydroxylation is 3. The Balaban J connectivity index is 1.49. The highest BCUT2D eigenvalue weighted by molar-refractivity contribution is 5.74. The molecule has 0 aliphatic heterocycles. The zero-order valence-corrected chi connectivity index (χ0v) is 23.0. The summed E-state index contributed by atoms with van der Waals surface area (Å²) >= 11 is 0. The molecule has 4 aromatic rings. The molecule has 0 saturated heterocycles. The van der Waals surface area contributed by atoms with Gasteiger partial charge in [0.05, 0.1) is 6.61 Å². The van der Waals surface area contributed by atoms with E-state index < -0.39 is 5.60 Å². The second-order valence-electron chi connectivity index (χ2n) is 10.5. The lowest BCUT2D eigenvalue weighted by molar-refractivity contribution is -0.154. The molecule has 0 radical (unpaired) electrons. The minimum absolute atomic E-state index is 0.188. The molecule has 0 atom stereocenters. The Bertz CT molecular complexity index is 1420. The number of pyridine rings is 1. The molecule has 7 nitrogen and oxygen atoms in total. The van der Waals surface area contributed by atoms with Crippen molar-refractivity contribution in [3.63, 3.8) is 0 Å². The molecule has 0 spiro atoms. The molecule has 7 heteroatoms. The first-order valence-electron chi connectivity index (χ1n) is 12.8. The van der Waals surface area contributed by atoms with Gasteiger partial charge in [0.15, 0.2) is 0 Å². The van der Waals surface area contributed by atoms with Crippen LogP contribution in [-0.4, -0.2) is 33.8 Å². The molecule has 2 heterocycles. The number of hydrogen-bond donors (Lipinski definition) is 0. The fourth-order valence-electron chi connectivity index (χ4n) is 4.38. The number of ether oxygens (including phenoxy) is 2. The number of rotatable bonds is 9. The van der Waals surface area contributed by atoms with Crippen LogP contribution in [-0.2, 0) is 27.3 Å². The third-order valence-electron chi connectivity index (χ3n) is 6.17. The summed E-state index contributed by atoms with van der Waals surface area (Å²) in [4.78, 5) is 21.2. The third-order valence-corrected chi connectivity index (χ3v) is 6.17. The van der Waals surface area contributed by atoms with Crippen molar-refractivity contribution in [2.75, 3.05) is 7.11 Å². The molecule has 0 fully saturated rings. The highest BCUT2D eigenvalue weighted by Gasteiger charge is 2.17. The van der Waals surface area contributed by atoms with Crippen molar-refractivity contribution in [1.29, 1.82) is 0 Å². The van der Waals surface area contributed by atoms with Gasteiger partial charge in [0, 0.05) is 36.5 Å². The molecule has 0 saturated carbocycles. The summed E-state index contributed by atoms with van der Waals surface area (Å²) < 4.78 is 16.5. The van der Waals surface area contributed by atoms with Crippen LogP contribution in [0.25, 0.3) is 34.0 Å². The van der Waals surface area contributed by atoms with Gasteiger partial charge in [-0.15, -0.1) is 0 Å². The summed E-state index contributed by atoms with van der Waals surface area (Å²) in [7, 11) is 1.69. The van der Waals surface area contributed by atoms with Gasteiger partial charge in [-0.05, 0) is 93.5 Å². The molecule has 0 N–H and O–H groups in total. The standard InChI is InChI=1S/C31H35N3O4/c1-20-10-7-8-11-25(20)26-15-14-22(17-24(26)19-36-6)30-33-29(34-38-30)23-16-21(2)27(32-18-23)12-9-13-28(35)37-31(3,4)5/h7-8,10-11,14-18H,9,12-13,19H2,1-6H3. The van der Waals surface area contributed by atoms with Crippen LogP contribution in [0.1, 0.15) is 56.0 Å². The van der Waals surface area contributed by atoms with Crippen LogP contribution in [0.3, 0.4) is 0 Å². The first kappa shape index (κ1) is 27.2. The second kappa shape index (κ2) is 11.7. The van der Waals surface area contributed by atoms with Crippen LogP contribution in [0.15, 0.2) is 59.3 Å². The van der Waals surface area contributed by atoms with Crippen molar-refractivity contribution in [3.8, 4) is 34.0 Å². The van der Waals surface area contributed by atoms with Gasteiger partial charge >= 0.3 is 5.97 Å². The summed E-state index contributed by atoms with van der Waals surface area (Å²) in [5.74, 6) is 0.728. The Morgan fingerprint density at radius 3 is 2.47 bits per heavy atom. The van der Waals surface area contributed by atoms with Crippen LogP contribution in [0, 0.1) is 13.8 Å². The highest BCUT2D eigenvalue weighted by atomic mass is 16.6. The third kappa shape index (κ3) is 6.72. The van der Waals surface area contributed by atoms with E-state index >= 15 is 0 Å². The number of benzene rings is 2. The van der Waals surface area contributed by atoms with Crippen molar-refractivity contribution in [2.24, 2.45) is 0 Å². The fraction of sp³-hybridized carbons (Fsp3) is 0.355. The topological polar surface area (TPSA) is 87.3 Å². The molecule has 2 aromatic carbocycles. The van der Waals surface area contributed by atoms with Crippen molar-refractivity contribution in [2.45, 2.75) is 66.1 Å². The second-order valence-corrected chi connectivity index (χ2v) is 10.5. The van der Waals surface area contributed by atoms with E-state index in [1.54, 1.807) is 13.3 Å². The van der Waals surface area contributed by atoms with Crippen LogP contribution in [0.5, 0.6) is 0 Å². The van der Waals surface area contributed by atoms with Crippen LogP contribution in [0.2, 0.25) is 0 Å². The maximum absolute atomic E-state index is 12.0. The molecule has 0 aliphatic rings. The first-order chi connectivity index (χ1) is 18.1. The Morgan fingerprint density at radius 1 is 0.974 bits per heavy atom. The predicted octanol–water partition coefficient (Wildman–Crippen LogP) is 6.89. The van der Waals surface area contributed by atoms with Gasteiger partial charge in [0.25, 0.3) is 5.89 Å². The molecule has 2 aromatic heterocycles. The molecule has 38 heavy (non-hydrogen) atoms. The van der Waals surface area contributed by atoms with Crippen LogP contribution < -0.4 is 0 Å². The molecule has 4 rings (SSSR count). The van der Waals surface area contributed by atoms with E-state index in [1.807, 2.05) is 58.0 Å². The number of aromatic nitrogens is 3. The predicted molar refractivity (Wildman–Crippen MR) is 147 cm³/mol. The zero-order chi connectivity index (χ0) is 27.3. The largest absolute Gasteiger partial charge is 0.460 e. The van der Waals surface area contributed by atoms with Crippen LogP contribution in [0.4, 0.5) is 0 Å². The van der Waals surface area contributed by atoms with Gasteiger partial charge in [-0.1, -0.05) is 35.5 Å². The maximum atomic E-state index is 12.0. The number of esters is 1. The minimum Gasteiger partial charge on any atom is -0.460 e. The van der Waals surface area contributed by atoms with E-state index in [0.29, 0.717) is 37.6 Å². The van der Waals surface area contributed by atoms with E-state index in [1.165, 1.54) is 11.1 Å². The molecule has 0 bridgehead atoms. The number of methoxy groups -OCH3 is 1. The summed E-state index contributed by atoms with van der Waals surface area (Å²) in [5, 5.41) is 4.20. The fourth-order valence-corrected chi connectivity index (χ4v) is 4.38. The summed E-state index contributed by atoms with van der Waals surface area (Å²) in [6, 6.07) is 16.4. The molecular weight excluding hydrogens is 478 g/mol. The lowest BCUT2D eigenvalue weighted by Crippen LogP contribution is -2.23. The summed E-state index contributed by atoms with van der Waals surface area (Å²) in [6.45, 7) is 10.2. The monoisotopic (exact) mass is 513 g/mol. The average molecular weight is 514 g/mol. The van der Waals surface area contributed by atoms with Crippen molar-refractivity contribution in [3.05, 3.63) is 77.1 Å². The van der Waals surface area contributed by atoms with Gasteiger partial charge in [-0.25, -0.2) is 0 Å². The van der Waals surface area contributed by atoms with Crippen molar-refractivity contribution in [1.82, 2.24) is 15.1 Å². The number of carbonyl (C=O) groups excluding carboxylic acids is 1. The molecular formula is C31H35N3O4. The van der Waals surface area contributed by atoms with Crippen molar-refractivity contribution >= 4 is 5.97 Å². The van der Waals surface area contributed by atoms with Crippen LogP contribution >= 0.6 is 0 Å². The number of carbonyl (C=O) groups is 1. The van der Waals surface area contributed by atoms with Gasteiger partial charge in [0.2, 0.25) is 5.82 Å². The van der Waals surface area contributed by atoms with E-state index in [9.17, 15) is 4.79 Å². The quantitative estimate of drug-likeness (QED) is 0.225. The van der Waals surface area contributed by atoms with Crippen molar-refractivity contribution < 1.29 is 18.8 Å². The van der Waals surface area contributed by atoms with E-state index in [0.717, 1.165) is 33.5 Å². The summed E-state index contributed by atoms with van der Waals surface area (Å²) in [6.07, 6.45) is 3.49. The Hall–Kier alpha value is -3.84. The molecule has 0 aliphatic carbocycles. The lowest BCUT2D eigenvalue weighted by atomic mass is 9.94. The molecule has 198 valence electrons. The smallest absolute Gasteiger partial charge is 0.306 e.